The van der Waals surface area contributed by atoms with E-state index in [1.807, 2.05) is 18.3 Å². The zero-order chi connectivity index (χ0) is 22.6. The van der Waals surface area contributed by atoms with E-state index in [4.69, 9.17) is 9.16 Å². The summed E-state index contributed by atoms with van der Waals surface area (Å²) in [7, 11) is -0.401. The molecule has 5 atom stereocenters. The molecule has 2 aromatic rings. The van der Waals surface area contributed by atoms with E-state index in [0.717, 1.165) is 41.6 Å². The van der Waals surface area contributed by atoms with Crippen molar-refractivity contribution in [1.82, 2.24) is 9.88 Å². The van der Waals surface area contributed by atoms with Crippen LogP contribution in [0.4, 0.5) is 0 Å². The van der Waals surface area contributed by atoms with Crippen LogP contribution in [-0.4, -0.2) is 48.6 Å². The normalized spacial score (nSPS) is 27.5. The predicted molar refractivity (Wildman–Crippen MR) is 130 cm³/mol. The van der Waals surface area contributed by atoms with Crippen molar-refractivity contribution in [3.63, 3.8) is 0 Å². The van der Waals surface area contributed by atoms with Crippen LogP contribution in [0.3, 0.4) is 0 Å². The minimum absolute atomic E-state index is 0.0818. The molecule has 3 fully saturated rings. The van der Waals surface area contributed by atoms with Gasteiger partial charge in [0.05, 0.1) is 18.7 Å². The Morgan fingerprint density at radius 3 is 2.65 bits per heavy atom. The molecule has 5 rings (SSSR count). The van der Waals surface area contributed by atoms with Crippen LogP contribution in [0.2, 0.25) is 18.1 Å². The summed E-state index contributed by atoms with van der Waals surface area (Å²) in [6.07, 6.45) is 3.53. The van der Waals surface area contributed by atoms with Crippen LogP contribution >= 0.6 is 15.9 Å². The number of piperidine rings is 3. The number of ketones is 1. The third kappa shape index (κ3) is 4.10. The number of fused-ring (bicyclic) bond motifs is 4. The SMILES string of the molecule is COc1ccc2nccc([C@H](O[Si](C)(C)C(C)(C)C)[C@H]3C[C@@H]4CCN3[C@@H](Br)C4=O)c2c1. The highest BCUT2D eigenvalue weighted by atomic mass is 79.9. The second kappa shape index (κ2) is 8.25. The van der Waals surface area contributed by atoms with Crippen LogP contribution in [0.15, 0.2) is 30.5 Å². The molecule has 0 saturated carbocycles. The summed E-state index contributed by atoms with van der Waals surface area (Å²) >= 11 is 3.68. The Bertz CT molecular complexity index is 986. The minimum atomic E-state index is -2.09. The number of pyridine rings is 1. The third-order valence-electron chi connectivity index (χ3n) is 7.48. The van der Waals surface area contributed by atoms with Crippen molar-refractivity contribution in [3.8, 4) is 5.75 Å². The van der Waals surface area contributed by atoms with Crippen molar-refractivity contribution in [1.29, 1.82) is 0 Å². The molecule has 3 aliphatic rings. The van der Waals surface area contributed by atoms with Crippen LogP contribution < -0.4 is 4.74 Å². The van der Waals surface area contributed by atoms with Crippen LogP contribution in [0, 0.1) is 5.92 Å². The highest BCUT2D eigenvalue weighted by molar-refractivity contribution is 9.09. The lowest BCUT2D eigenvalue weighted by Crippen LogP contribution is -2.60. The molecule has 5 nitrogen and oxygen atoms in total. The molecule has 7 heteroatoms. The molecular formula is C24H33BrN2O3Si. The fraction of sp³-hybridized carbons (Fsp3) is 0.583. The van der Waals surface area contributed by atoms with Crippen molar-refractivity contribution in [2.45, 2.75) is 68.8 Å². The number of carbonyl (C=O) groups excluding carboxylic acids is 1. The lowest BCUT2D eigenvalue weighted by molar-refractivity contribution is -0.138. The number of methoxy groups -OCH3 is 1. The molecule has 0 N–H and O–H groups in total. The van der Waals surface area contributed by atoms with E-state index < -0.39 is 8.32 Å². The molecule has 3 aliphatic heterocycles. The van der Waals surface area contributed by atoms with Gasteiger partial charge in [-0.2, -0.15) is 0 Å². The van der Waals surface area contributed by atoms with Gasteiger partial charge >= 0.3 is 0 Å². The molecule has 168 valence electrons. The average molecular weight is 506 g/mol. The Labute approximate surface area is 194 Å². The first-order chi connectivity index (χ1) is 14.5. The number of hydrogen-bond acceptors (Lipinski definition) is 5. The summed E-state index contributed by atoms with van der Waals surface area (Å²) < 4.78 is 12.7. The maximum absolute atomic E-state index is 12.7. The minimum Gasteiger partial charge on any atom is -0.497 e. The zero-order valence-electron chi connectivity index (χ0n) is 19.3. The highest BCUT2D eigenvalue weighted by Gasteiger charge is 2.50. The van der Waals surface area contributed by atoms with Crippen LogP contribution in [-0.2, 0) is 9.22 Å². The number of halogens is 1. The summed E-state index contributed by atoms with van der Waals surface area (Å²) in [5.41, 5.74) is 2.07. The first-order valence-corrected chi connectivity index (χ1v) is 14.9. The lowest BCUT2D eigenvalue weighted by Gasteiger charge is -2.52. The van der Waals surface area contributed by atoms with Crippen molar-refractivity contribution >= 4 is 40.9 Å². The second-order valence-electron chi connectivity index (χ2n) is 10.3. The van der Waals surface area contributed by atoms with Gasteiger partial charge < -0.3 is 9.16 Å². The summed E-state index contributed by atoms with van der Waals surface area (Å²) in [5, 5.41) is 1.14. The third-order valence-corrected chi connectivity index (χ3v) is 12.9. The summed E-state index contributed by atoms with van der Waals surface area (Å²) in [4.78, 5) is 19.4. The molecule has 0 spiro atoms. The predicted octanol–water partition coefficient (Wildman–Crippen LogP) is 5.69. The Kier molecular flexibility index (Phi) is 6.09. The molecule has 1 aromatic carbocycles. The van der Waals surface area contributed by atoms with Crippen molar-refractivity contribution in [2.24, 2.45) is 5.92 Å². The lowest BCUT2D eigenvalue weighted by atomic mass is 9.79. The summed E-state index contributed by atoms with van der Waals surface area (Å²) in [5.74, 6) is 1.23. The molecule has 0 aliphatic carbocycles. The largest absolute Gasteiger partial charge is 0.497 e. The van der Waals surface area contributed by atoms with Crippen LogP contribution in [0.1, 0.15) is 45.3 Å². The molecule has 0 amide bonds. The van der Waals surface area contributed by atoms with E-state index in [1.165, 1.54) is 0 Å². The van der Waals surface area contributed by atoms with Gasteiger partial charge in [0.2, 0.25) is 0 Å². The Balaban J connectivity index is 1.84. The molecule has 31 heavy (non-hydrogen) atoms. The monoisotopic (exact) mass is 504 g/mol. The van der Waals surface area contributed by atoms with E-state index in [0.29, 0.717) is 5.78 Å². The molecule has 0 radical (unpaired) electrons. The Morgan fingerprint density at radius 2 is 2.00 bits per heavy atom. The second-order valence-corrected chi connectivity index (χ2v) is 16.0. The van der Waals surface area contributed by atoms with Gasteiger partial charge in [-0.25, -0.2) is 0 Å². The molecule has 1 aromatic heterocycles. The first-order valence-electron chi connectivity index (χ1n) is 11.1. The number of alkyl halides is 1. The number of rotatable bonds is 5. The van der Waals surface area contributed by atoms with E-state index in [9.17, 15) is 4.79 Å². The Morgan fingerprint density at radius 1 is 1.26 bits per heavy atom. The fourth-order valence-electron chi connectivity index (χ4n) is 4.58. The highest BCUT2D eigenvalue weighted by Crippen LogP contribution is 2.47. The summed E-state index contributed by atoms with van der Waals surface area (Å²) in [6.45, 7) is 12.3. The smallest absolute Gasteiger partial charge is 0.192 e. The van der Waals surface area contributed by atoms with Gasteiger partial charge in [0, 0.05) is 30.1 Å². The quantitative estimate of drug-likeness (QED) is 0.297. The standard InChI is InChI=1S/C24H33BrN2O3Si/c1-24(2,3)31(5,6)30-22(20-13-15-10-12-27(20)23(25)21(15)28)17-9-11-26-19-8-7-16(29-4)14-18(17)19/h7-9,11,14-15,20,22-23H,10,12-13H2,1-6H3/t15-,20+,22-,23+/m0/s1. The van der Waals surface area contributed by atoms with Crippen molar-refractivity contribution in [3.05, 3.63) is 36.0 Å². The fourth-order valence-corrected chi connectivity index (χ4v) is 6.73. The van der Waals surface area contributed by atoms with Gasteiger partial charge in [0.15, 0.2) is 14.1 Å². The number of ether oxygens (including phenoxy) is 1. The molecule has 2 bridgehead atoms. The number of benzene rings is 1. The van der Waals surface area contributed by atoms with E-state index in [1.54, 1.807) is 7.11 Å². The first kappa shape index (κ1) is 22.9. The van der Waals surface area contributed by atoms with Gasteiger partial charge in [-0.1, -0.05) is 36.7 Å². The van der Waals surface area contributed by atoms with Crippen LogP contribution in [0.5, 0.6) is 5.75 Å². The Hall–Kier alpha value is -1.28. The van der Waals surface area contributed by atoms with E-state index in [-0.39, 0.29) is 28.1 Å². The van der Waals surface area contributed by atoms with Gasteiger partial charge in [-0.05, 0) is 60.8 Å². The van der Waals surface area contributed by atoms with Crippen molar-refractivity contribution in [2.75, 3.05) is 13.7 Å². The zero-order valence-corrected chi connectivity index (χ0v) is 21.9. The number of hydrogen-bond donors (Lipinski definition) is 0. The number of aromatic nitrogens is 1. The van der Waals surface area contributed by atoms with Crippen molar-refractivity contribution < 1.29 is 14.0 Å². The molecule has 4 heterocycles. The van der Waals surface area contributed by atoms with E-state index in [2.05, 4.69) is 71.8 Å². The van der Waals surface area contributed by atoms with Gasteiger partial charge in [0.1, 0.15) is 10.7 Å². The topological polar surface area (TPSA) is 51.7 Å². The molecule has 1 unspecified atom stereocenters. The average Bonchev–Trinajstić information content (AvgIpc) is 2.73. The van der Waals surface area contributed by atoms with Gasteiger partial charge in [-0.15, -0.1) is 0 Å². The summed E-state index contributed by atoms with van der Waals surface area (Å²) in [6, 6.07) is 8.25. The van der Waals surface area contributed by atoms with Gasteiger partial charge in [0.25, 0.3) is 0 Å². The number of carbonyl (C=O) groups is 1. The molecule has 3 saturated heterocycles. The number of nitrogens with zero attached hydrogens (tertiary/aromatic N) is 2. The maximum Gasteiger partial charge on any atom is 0.192 e. The number of Topliss-reactive ketones (excluding diaryl/α,β-unsaturated/α-hetero) is 1. The van der Waals surface area contributed by atoms with E-state index >= 15 is 0 Å². The maximum atomic E-state index is 12.7. The van der Waals surface area contributed by atoms with Gasteiger partial charge in [-0.3, -0.25) is 14.7 Å². The molecular weight excluding hydrogens is 472 g/mol. The van der Waals surface area contributed by atoms with Crippen LogP contribution in [0.25, 0.3) is 10.9 Å².